The molecule has 0 bridgehead atoms. The van der Waals surface area contributed by atoms with Crippen LogP contribution < -0.4 is 5.56 Å². The molecule has 23 heavy (non-hydrogen) atoms. The van der Waals surface area contributed by atoms with Crippen LogP contribution in [0, 0.1) is 18.6 Å². The molecule has 2 aliphatic carbocycles. The summed E-state index contributed by atoms with van der Waals surface area (Å²) in [7, 11) is 0. The van der Waals surface area contributed by atoms with Gasteiger partial charge in [-0.05, 0) is 62.0 Å². The maximum Gasteiger partial charge on any atom is 0.256 e. The molecule has 4 rings (SSSR count). The van der Waals surface area contributed by atoms with E-state index in [1.807, 2.05) is 0 Å². The Morgan fingerprint density at radius 1 is 1.04 bits per heavy atom. The fraction of sp³-hybridized carbons (Fsp3) is 0.474. The van der Waals surface area contributed by atoms with Crippen molar-refractivity contribution in [3.63, 3.8) is 0 Å². The Morgan fingerprint density at radius 3 is 2.48 bits per heavy atom. The summed E-state index contributed by atoms with van der Waals surface area (Å²) in [6.45, 7) is 4.31. The average molecular weight is 326 g/mol. The van der Waals surface area contributed by atoms with Gasteiger partial charge >= 0.3 is 0 Å². The van der Waals surface area contributed by atoms with Crippen LogP contribution in [0.2, 0.25) is 0 Å². The van der Waals surface area contributed by atoms with E-state index >= 15 is 0 Å². The molecule has 1 spiro atoms. The van der Waals surface area contributed by atoms with Crippen molar-refractivity contribution in [1.82, 2.24) is 9.97 Å². The Kier molecular flexibility index (Phi) is 3.34. The van der Waals surface area contributed by atoms with Crippen LogP contribution >= 0.6 is 12.2 Å². The van der Waals surface area contributed by atoms with E-state index in [1.54, 1.807) is 0 Å². The molecule has 1 saturated carbocycles. The summed E-state index contributed by atoms with van der Waals surface area (Å²) in [4.78, 5) is 19.0. The van der Waals surface area contributed by atoms with Crippen LogP contribution in [0.4, 0.5) is 0 Å². The number of hydrogen-bond donors (Lipinski definition) is 2. The third-order valence-electron chi connectivity index (χ3n) is 5.80. The molecule has 2 aliphatic rings. The second kappa shape index (κ2) is 5.17. The topological polar surface area (TPSA) is 48.6 Å². The van der Waals surface area contributed by atoms with Crippen LogP contribution in [0.15, 0.2) is 16.9 Å². The summed E-state index contributed by atoms with van der Waals surface area (Å²) in [5.41, 5.74) is 7.05. The van der Waals surface area contributed by atoms with Crippen molar-refractivity contribution in [2.45, 2.75) is 57.8 Å². The number of aromatic nitrogens is 2. The highest BCUT2D eigenvalue weighted by Gasteiger charge is 2.43. The lowest BCUT2D eigenvalue weighted by molar-refractivity contribution is 0.284. The number of aryl methyl sites for hydroxylation is 2. The Labute approximate surface area is 141 Å². The van der Waals surface area contributed by atoms with Crippen molar-refractivity contribution in [3.05, 3.63) is 49.5 Å². The molecule has 1 aromatic heterocycles. The second-order valence-corrected chi connectivity index (χ2v) is 7.64. The van der Waals surface area contributed by atoms with E-state index in [0.29, 0.717) is 4.77 Å². The fourth-order valence-corrected chi connectivity index (χ4v) is 4.90. The van der Waals surface area contributed by atoms with Crippen LogP contribution in [0.25, 0.3) is 11.3 Å². The van der Waals surface area contributed by atoms with Crippen molar-refractivity contribution in [2.75, 3.05) is 0 Å². The normalized spacial score (nSPS) is 18.5. The molecular formula is C19H22N2OS. The molecule has 4 heteroatoms. The predicted molar refractivity (Wildman–Crippen MR) is 95.6 cm³/mol. The molecule has 0 atom stereocenters. The minimum atomic E-state index is -0.0216. The van der Waals surface area contributed by atoms with Gasteiger partial charge in [-0.3, -0.25) is 9.78 Å². The molecule has 0 aliphatic heterocycles. The van der Waals surface area contributed by atoms with E-state index in [2.05, 4.69) is 35.9 Å². The van der Waals surface area contributed by atoms with E-state index in [9.17, 15) is 4.79 Å². The lowest BCUT2D eigenvalue weighted by Gasteiger charge is -2.42. The molecule has 0 unspecified atom stereocenters. The minimum Gasteiger partial charge on any atom is -0.331 e. The van der Waals surface area contributed by atoms with Gasteiger partial charge < -0.3 is 4.98 Å². The summed E-state index contributed by atoms with van der Waals surface area (Å²) in [5.74, 6) is 0. The molecule has 1 fully saturated rings. The summed E-state index contributed by atoms with van der Waals surface area (Å²) in [5, 5.41) is 0. The maximum atomic E-state index is 12.8. The van der Waals surface area contributed by atoms with Gasteiger partial charge in [0.05, 0.1) is 5.69 Å². The monoisotopic (exact) mass is 326 g/mol. The number of H-pyrrole nitrogens is 2. The lowest BCUT2D eigenvalue weighted by atomic mass is 9.61. The molecule has 2 aromatic rings. The highest BCUT2D eigenvalue weighted by atomic mass is 32.1. The SMILES string of the molecule is Cc1ccc(C)c2c1CC1(CCCCC1)c1c-2[nH]c(=S)[nH]c1=O. The van der Waals surface area contributed by atoms with E-state index in [4.69, 9.17) is 12.2 Å². The highest BCUT2D eigenvalue weighted by Crippen LogP contribution is 2.49. The molecular weight excluding hydrogens is 304 g/mol. The smallest absolute Gasteiger partial charge is 0.256 e. The maximum absolute atomic E-state index is 12.8. The number of benzene rings is 1. The molecule has 3 nitrogen and oxygen atoms in total. The van der Waals surface area contributed by atoms with Crippen LogP contribution in [0.1, 0.15) is 54.4 Å². The van der Waals surface area contributed by atoms with Gasteiger partial charge in [0.2, 0.25) is 0 Å². The van der Waals surface area contributed by atoms with Crippen molar-refractivity contribution < 1.29 is 0 Å². The second-order valence-electron chi connectivity index (χ2n) is 7.23. The number of fused-ring (bicyclic) bond motifs is 4. The number of rotatable bonds is 0. The van der Waals surface area contributed by atoms with Crippen molar-refractivity contribution in [2.24, 2.45) is 0 Å². The molecule has 0 radical (unpaired) electrons. The van der Waals surface area contributed by atoms with E-state index in [1.165, 1.54) is 41.5 Å². The molecule has 2 N–H and O–H groups in total. The molecule has 1 heterocycles. The van der Waals surface area contributed by atoms with Gasteiger partial charge in [-0.2, -0.15) is 0 Å². The van der Waals surface area contributed by atoms with E-state index in [-0.39, 0.29) is 11.0 Å². The Morgan fingerprint density at radius 2 is 1.74 bits per heavy atom. The summed E-state index contributed by atoms with van der Waals surface area (Å²) >= 11 is 5.27. The zero-order valence-corrected chi connectivity index (χ0v) is 14.5. The first-order valence-corrected chi connectivity index (χ1v) is 8.89. The Balaban J connectivity index is 2.11. The molecule has 0 amide bonds. The van der Waals surface area contributed by atoms with E-state index < -0.39 is 0 Å². The molecule has 120 valence electrons. The summed E-state index contributed by atoms with van der Waals surface area (Å²) < 4.78 is 0.425. The lowest BCUT2D eigenvalue weighted by Crippen LogP contribution is -2.41. The van der Waals surface area contributed by atoms with Gasteiger partial charge in [0.15, 0.2) is 4.77 Å². The standard InChI is InChI=1S/C19H22N2OS/c1-11-6-7-12(2)14-13(11)10-19(8-4-3-5-9-19)15-16(14)20-18(23)21-17(15)22/h6-7H,3-5,8-10H2,1-2H3,(H2,20,21,22,23). The van der Waals surface area contributed by atoms with Crippen LogP contribution in [0.3, 0.4) is 0 Å². The van der Waals surface area contributed by atoms with E-state index in [0.717, 1.165) is 30.5 Å². The zero-order chi connectivity index (χ0) is 16.2. The van der Waals surface area contributed by atoms with Crippen molar-refractivity contribution in [3.8, 4) is 11.3 Å². The number of aromatic amines is 2. The first-order valence-electron chi connectivity index (χ1n) is 8.48. The predicted octanol–water partition coefficient (Wildman–Crippen LogP) is 4.47. The van der Waals surface area contributed by atoms with Crippen LogP contribution in [-0.4, -0.2) is 9.97 Å². The largest absolute Gasteiger partial charge is 0.331 e. The van der Waals surface area contributed by atoms with Crippen LogP contribution in [-0.2, 0) is 11.8 Å². The van der Waals surface area contributed by atoms with Gasteiger partial charge in [0.1, 0.15) is 0 Å². The first-order chi connectivity index (χ1) is 11.0. The highest BCUT2D eigenvalue weighted by molar-refractivity contribution is 7.71. The number of hydrogen-bond acceptors (Lipinski definition) is 2. The fourth-order valence-electron chi connectivity index (χ4n) is 4.71. The van der Waals surface area contributed by atoms with Crippen molar-refractivity contribution >= 4 is 12.2 Å². The quantitative estimate of drug-likeness (QED) is 0.702. The molecule has 1 aromatic carbocycles. The van der Waals surface area contributed by atoms with Gasteiger partial charge in [-0.15, -0.1) is 0 Å². The zero-order valence-electron chi connectivity index (χ0n) is 13.7. The summed E-state index contributed by atoms with van der Waals surface area (Å²) in [6, 6.07) is 4.35. The third-order valence-corrected chi connectivity index (χ3v) is 6.01. The minimum absolute atomic E-state index is 0.0113. The third kappa shape index (κ3) is 2.15. The summed E-state index contributed by atoms with van der Waals surface area (Å²) in [6.07, 6.45) is 6.86. The van der Waals surface area contributed by atoms with Crippen molar-refractivity contribution in [1.29, 1.82) is 0 Å². The first kappa shape index (κ1) is 14.9. The van der Waals surface area contributed by atoms with Gasteiger partial charge in [-0.25, -0.2) is 0 Å². The van der Waals surface area contributed by atoms with Gasteiger partial charge in [0, 0.05) is 16.5 Å². The Bertz CT molecular complexity index is 901. The van der Waals surface area contributed by atoms with Gasteiger partial charge in [-0.1, -0.05) is 31.4 Å². The molecule has 0 saturated heterocycles. The van der Waals surface area contributed by atoms with Crippen LogP contribution in [0.5, 0.6) is 0 Å². The average Bonchev–Trinajstić information content (AvgIpc) is 2.51. The number of nitrogens with one attached hydrogen (secondary N) is 2. The van der Waals surface area contributed by atoms with Gasteiger partial charge in [0.25, 0.3) is 5.56 Å². The Hall–Kier alpha value is -1.68.